The molecule has 9 nitrogen and oxygen atoms in total. The third kappa shape index (κ3) is 4.90. The molecule has 0 atom stereocenters. The maximum absolute atomic E-state index is 12.3. The second-order valence-electron chi connectivity index (χ2n) is 5.46. The highest BCUT2D eigenvalue weighted by Crippen LogP contribution is 2.29. The van der Waals surface area contributed by atoms with Gasteiger partial charge >= 0.3 is 18.3 Å². The molecule has 2 rings (SSSR count). The Morgan fingerprint density at radius 1 is 1.33 bits per heavy atom. The van der Waals surface area contributed by atoms with E-state index in [1.807, 2.05) is 0 Å². The zero-order valence-electron chi connectivity index (χ0n) is 14.8. The van der Waals surface area contributed by atoms with Gasteiger partial charge in [0.05, 0.1) is 12.0 Å². The van der Waals surface area contributed by atoms with E-state index in [9.17, 15) is 23.7 Å². The summed E-state index contributed by atoms with van der Waals surface area (Å²) >= 11 is 0. The highest BCUT2D eigenvalue weighted by Gasteiger charge is 2.23. The van der Waals surface area contributed by atoms with Gasteiger partial charge in [-0.2, -0.15) is 13.9 Å². The van der Waals surface area contributed by atoms with Gasteiger partial charge in [-0.25, -0.2) is 0 Å². The number of aromatic nitrogens is 2. The predicted octanol–water partition coefficient (Wildman–Crippen LogP) is 2.76. The summed E-state index contributed by atoms with van der Waals surface area (Å²) in [4.78, 5) is 22.4. The Balaban J connectivity index is 2.02. The van der Waals surface area contributed by atoms with Crippen molar-refractivity contribution in [1.29, 1.82) is 0 Å². The number of methoxy groups -OCH3 is 1. The fraction of sp³-hybridized carbons (Fsp3) is 0.375. The highest BCUT2D eigenvalue weighted by atomic mass is 19.3. The van der Waals surface area contributed by atoms with Crippen LogP contribution in [0.1, 0.15) is 17.0 Å². The maximum Gasteiger partial charge on any atom is 0.387 e. The summed E-state index contributed by atoms with van der Waals surface area (Å²) in [6, 6.07) is 4.12. The molecule has 0 bridgehead atoms. The molecule has 1 aromatic heterocycles. The molecule has 1 heterocycles. The smallest absolute Gasteiger partial charge is 0.387 e. The van der Waals surface area contributed by atoms with Crippen molar-refractivity contribution in [3.05, 3.63) is 45.3 Å². The van der Waals surface area contributed by atoms with E-state index in [-0.39, 0.29) is 41.7 Å². The number of halogens is 2. The lowest BCUT2D eigenvalue weighted by atomic mass is 10.2. The number of aryl methyl sites for hydroxylation is 1. The van der Waals surface area contributed by atoms with Gasteiger partial charge in [0.25, 0.3) is 0 Å². The number of carbonyl (C=O) groups is 1. The first-order valence-electron chi connectivity index (χ1n) is 7.68. The number of alkyl halides is 2. The lowest BCUT2D eigenvalue weighted by molar-refractivity contribution is -0.386. The van der Waals surface area contributed by atoms with E-state index in [0.29, 0.717) is 5.56 Å². The summed E-state index contributed by atoms with van der Waals surface area (Å²) in [5, 5.41) is 14.9. The van der Waals surface area contributed by atoms with Gasteiger partial charge < -0.3 is 14.2 Å². The molecule has 0 saturated carbocycles. The molecular formula is C16H17F2N3O6. The van der Waals surface area contributed by atoms with Crippen molar-refractivity contribution in [3.8, 4) is 11.5 Å². The number of nitrogens with zero attached hydrogens (tertiary/aromatic N) is 3. The molecule has 0 aliphatic heterocycles. The van der Waals surface area contributed by atoms with Crippen LogP contribution in [-0.4, -0.2) is 34.4 Å². The van der Waals surface area contributed by atoms with Crippen LogP contribution >= 0.6 is 0 Å². The molecule has 0 amide bonds. The Hall–Kier alpha value is -3.24. The normalized spacial score (nSPS) is 10.7. The summed E-state index contributed by atoms with van der Waals surface area (Å²) < 4.78 is 40.2. The van der Waals surface area contributed by atoms with Gasteiger partial charge in [-0.05, 0) is 31.5 Å². The van der Waals surface area contributed by atoms with Crippen molar-refractivity contribution in [1.82, 2.24) is 9.78 Å². The van der Waals surface area contributed by atoms with E-state index < -0.39 is 17.5 Å². The van der Waals surface area contributed by atoms with Crippen molar-refractivity contribution in [2.75, 3.05) is 7.11 Å². The van der Waals surface area contributed by atoms with Crippen LogP contribution in [-0.2, 0) is 22.7 Å². The third-order valence-corrected chi connectivity index (χ3v) is 3.65. The molecule has 0 aliphatic carbocycles. The monoisotopic (exact) mass is 385 g/mol. The van der Waals surface area contributed by atoms with Gasteiger partial charge in [0, 0.05) is 0 Å². The Labute approximate surface area is 152 Å². The Kier molecular flexibility index (Phi) is 6.27. The van der Waals surface area contributed by atoms with Crippen LogP contribution in [0.4, 0.5) is 14.5 Å². The highest BCUT2D eigenvalue weighted by molar-refractivity contribution is 5.69. The average molecular weight is 385 g/mol. The zero-order valence-corrected chi connectivity index (χ0v) is 14.8. The molecular weight excluding hydrogens is 368 g/mol. The number of hydrogen-bond donors (Lipinski definition) is 0. The standard InChI is InChI=1S/C16H17F2N3O6/c1-9-15(21(23)24)10(2)20(19-9)7-14(22)26-8-11-4-5-12(27-16(17)18)13(6-11)25-3/h4-6,16H,7-8H2,1-3H3. The van der Waals surface area contributed by atoms with Crippen LogP contribution in [0.5, 0.6) is 11.5 Å². The number of benzene rings is 1. The van der Waals surface area contributed by atoms with E-state index in [1.165, 1.54) is 43.8 Å². The minimum absolute atomic E-state index is 0.0676. The fourth-order valence-corrected chi connectivity index (χ4v) is 2.43. The molecule has 2 aromatic rings. The van der Waals surface area contributed by atoms with E-state index in [0.717, 1.165) is 0 Å². The van der Waals surface area contributed by atoms with Crippen LogP contribution in [0.2, 0.25) is 0 Å². The number of ether oxygens (including phenoxy) is 3. The summed E-state index contributed by atoms with van der Waals surface area (Å²) in [7, 11) is 1.29. The molecule has 0 aliphatic rings. The van der Waals surface area contributed by atoms with E-state index >= 15 is 0 Å². The van der Waals surface area contributed by atoms with E-state index in [4.69, 9.17) is 9.47 Å². The average Bonchev–Trinajstić information content (AvgIpc) is 2.87. The van der Waals surface area contributed by atoms with Gasteiger partial charge in [0.1, 0.15) is 24.5 Å². The molecule has 0 saturated heterocycles. The summed E-state index contributed by atoms with van der Waals surface area (Å²) in [6.07, 6.45) is 0. The quantitative estimate of drug-likeness (QED) is 0.391. The number of nitro groups is 1. The second-order valence-corrected chi connectivity index (χ2v) is 5.46. The van der Waals surface area contributed by atoms with Crippen LogP contribution < -0.4 is 9.47 Å². The van der Waals surface area contributed by atoms with Crippen LogP contribution in [0.25, 0.3) is 0 Å². The van der Waals surface area contributed by atoms with Crippen molar-refractivity contribution >= 4 is 11.7 Å². The molecule has 1 aromatic carbocycles. The van der Waals surface area contributed by atoms with Crippen LogP contribution in [0.15, 0.2) is 18.2 Å². The van der Waals surface area contributed by atoms with Crippen molar-refractivity contribution in [3.63, 3.8) is 0 Å². The second kappa shape index (κ2) is 8.43. The first kappa shape index (κ1) is 20.1. The summed E-state index contributed by atoms with van der Waals surface area (Å²) in [6.45, 7) is -0.483. The first-order chi connectivity index (χ1) is 12.7. The maximum atomic E-state index is 12.3. The number of esters is 1. The van der Waals surface area contributed by atoms with Crippen molar-refractivity contribution < 1.29 is 32.7 Å². The van der Waals surface area contributed by atoms with Crippen molar-refractivity contribution in [2.45, 2.75) is 33.6 Å². The minimum Gasteiger partial charge on any atom is -0.493 e. The van der Waals surface area contributed by atoms with E-state index in [2.05, 4.69) is 9.84 Å². The Morgan fingerprint density at radius 3 is 2.59 bits per heavy atom. The van der Waals surface area contributed by atoms with Gasteiger partial charge in [0.2, 0.25) is 0 Å². The van der Waals surface area contributed by atoms with E-state index in [1.54, 1.807) is 0 Å². The number of rotatable bonds is 8. The predicted molar refractivity (Wildman–Crippen MR) is 87.8 cm³/mol. The summed E-state index contributed by atoms with van der Waals surface area (Å²) in [5.41, 5.74) is 0.776. The van der Waals surface area contributed by atoms with Gasteiger partial charge in [-0.15, -0.1) is 0 Å². The minimum atomic E-state index is -2.99. The number of hydrogen-bond acceptors (Lipinski definition) is 7. The fourth-order valence-electron chi connectivity index (χ4n) is 2.43. The van der Waals surface area contributed by atoms with Gasteiger partial charge in [-0.3, -0.25) is 19.6 Å². The topological polar surface area (TPSA) is 106 Å². The Morgan fingerprint density at radius 2 is 2.04 bits per heavy atom. The van der Waals surface area contributed by atoms with Gasteiger partial charge in [0.15, 0.2) is 11.5 Å². The molecule has 0 fully saturated rings. The lowest BCUT2D eigenvalue weighted by Crippen LogP contribution is -2.15. The zero-order chi connectivity index (χ0) is 20.1. The molecule has 0 N–H and O–H groups in total. The van der Waals surface area contributed by atoms with Crippen LogP contribution in [0.3, 0.4) is 0 Å². The molecule has 11 heteroatoms. The van der Waals surface area contributed by atoms with Crippen LogP contribution in [0, 0.1) is 24.0 Å². The first-order valence-corrected chi connectivity index (χ1v) is 7.68. The molecule has 0 spiro atoms. The Bertz CT molecular complexity index is 853. The van der Waals surface area contributed by atoms with Gasteiger partial charge in [-0.1, -0.05) is 6.07 Å². The third-order valence-electron chi connectivity index (χ3n) is 3.65. The molecule has 0 radical (unpaired) electrons. The summed E-state index contributed by atoms with van der Waals surface area (Å²) in [5.74, 6) is -0.738. The SMILES string of the molecule is COc1cc(COC(=O)Cn2nc(C)c([N+](=O)[O-])c2C)ccc1OC(F)F. The molecule has 146 valence electrons. The lowest BCUT2D eigenvalue weighted by Gasteiger charge is -2.12. The largest absolute Gasteiger partial charge is 0.493 e. The molecule has 0 unspecified atom stereocenters. The molecule has 27 heavy (non-hydrogen) atoms. The number of carbonyl (C=O) groups excluding carboxylic acids is 1. The van der Waals surface area contributed by atoms with Crippen molar-refractivity contribution in [2.24, 2.45) is 0 Å².